The van der Waals surface area contributed by atoms with E-state index in [-0.39, 0.29) is 18.8 Å². The molecule has 1 N–H and O–H groups in total. The molecule has 0 saturated carbocycles. The second-order valence-corrected chi connectivity index (χ2v) is 3.95. The third-order valence-corrected chi connectivity index (χ3v) is 2.08. The van der Waals surface area contributed by atoms with E-state index in [1.54, 1.807) is 0 Å². The van der Waals surface area contributed by atoms with Crippen LogP contribution in [0.2, 0.25) is 0 Å². The number of carbonyl (C=O) groups is 2. The van der Waals surface area contributed by atoms with E-state index in [1.807, 2.05) is 5.32 Å². The lowest BCUT2D eigenvalue weighted by atomic mass is 10.3. The Bertz CT molecular complexity index is 291. The van der Waals surface area contributed by atoms with Gasteiger partial charge in [0.05, 0.1) is 19.8 Å². The number of carbonyl (C=O) groups excluding carboxylic acids is 2. The van der Waals surface area contributed by atoms with Crippen molar-refractivity contribution in [2.75, 3.05) is 33.0 Å². The van der Waals surface area contributed by atoms with Gasteiger partial charge in [0.2, 0.25) is 0 Å². The van der Waals surface area contributed by atoms with Gasteiger partial charge in [-0.05, 0) is 13.3 Å². The van der Waals surface area contributed by atoms with E-state index in [4.69, 9.17) is 14.2 Å². The van der Waals surface area contributed by atoms with Gasteiger partial charge in [-0.15, -0.1) is 0 Å². The van der Waals surface area contributed by atoms with Crippen molar-refractivity contribution in [3.05, 3.63) is 12.2 Å². The summed E-state index contributed by atoms with van der Waals surface area (Å²) in [5.41, 5.74) is 0.248. The van der Waals surface area contributed by atoms with Crippen molar-refractivity contribution in [3.8, 4) is 0 Å². The summed E-state index contributed by atoms with van der Waals surface area (Å²) >= 11 is 0. The molecule has 19 heavy (non-hydrogen) atoms. The molecule has 6 heteroatoms. The molecule has 0 atom stereocenters. The van der Waals surface area contributed by atoms with Crippen molar-refractivity contribution in [1.29, 1.82) is 0 Å². The summed E-state index contributed by atoms with van der Waals surface area (Å²) in [5, 5.41) is 2.02. The van der Waals surface area contributed by atoms with Crippen LogP contribution in [0.15, 0.2) is 12.2 Å². The molecule has 0 fully saturated rings. The summed E-state index contributed by atoms with van der Waals surface area (Å²) in [7, 11) is 0. The molecule has 0 aromatic carbocycles. The van der Waals surface area contributed by atoms with Gasteiger partial charge in [0.25, 0.3) is 5.91 Å². The molecule has 0 aromatic rings. The van der Waals surface area contributed by atoms with Crippen molar-refractivity contribution in [2.24, 2.45) is 0 Å². The zero-order chi connectivity index (χ0) is 14.5. The van der Waals surface area contributed by atoms with Crippen molar-refractivity contribution >= 4 is 12.0 Å². The Morgan fingerprint density at radius 3 is 2.21 bits per heavy atom. The minimum absolute atomic E-state index is 0.0876. The number of amides is 2. The monoisotopic (exact) mass is 273 g/mol. The summed E-state index contributed by atoms with van der Waals surface area (Å²) < 4.78 is 15.2. The molecule has 0 aliphatic heterocycles. The lowest BCUT2D eigenvalue weighted by molar-refractivity contribution is -0.116. The fraction of sp³-hybridized carbons (Fsp3) is 0.692. The molecule has 0 unspecified atom stereocenters. The molecule has 0 radical (unpaired) electrons. The predicted molar refractivity (Wildman–Crippen MR) is 70.9 cm³/mol. The number of nitrogens with one attached hydrogen (secondary N) is 1. The molecule has 0 bridgehead atoms. The average Bonchev–Trinajstić information content (AvgIpc) is 2.36. The molecule has 0 aromatic heterocycles. The zero-order valence-electron chi connectivity index (χ0n) is 11.7. The van der Waals surface area contributed by atoms with Crippen LogP contribution < -0.4 is 5.32 Å². The molecule has 0 saturated heterocycles. The lowest BCUT2D eigenvalue weighted by Gasteiger charge is -2.07. The van der Waals surface area contributed by atoms with Gasteiger partial charge in [0, 0.05) is 12.2 Å². The normalized spacial score (nSPS) is 10.0. The van der Waals surface area contributed by atoms with E-state index in [9.17, 15) is 9.59 Å². The first-order valence-corrected chi connectivity index (χ1v) is 6.37. The smallest absolute Gasteiger partial charge is 0.414 e. The Balaban J connectivity index is 3.32. The van der Waals surface area contributed by atoms with E-state index >= 15 is 0 Å². The molecule has 0 rings (SSSR count). The average molecular weight is 273 g/mol. The molecule has 2 amide bonds. The summed E-state index contributed by atoms with van der Waals surface area (Å²) in [6.07, 6.45) is 1.35. The molecule has 0 heterocycles. The number of imide groups is 1. The highest BCUT2D eigenvalue weighted by atomic mass is 16.6. The van der Waals surface area contributed by atoms with E-state index < -0.39 is 12.0 Å². The Kier molecular flexibility index (Phi) is 10.8. The molecular formula is C13H23NO5. The van der Waals surface area contributed by atoms with Crippen molar-refractivity contribution in [1.82, 2.24) is 5.32 Å². The molecule has 0 spiro atoms. The van der Waals surface area contributed by atoms with Gasteiger partial charge >= 0.3 is 6.09 Å². The van der Waals surface area contributed by atoms with Crippen LogP contribution in [0.5, 0.6) is 0 Å². The minimum Gasteiger partial charge on any atom is -0.447 e. The van der Waals surface area contributed by atoms with Crippen LogP contribution in [0.4, 0.5) is 4.79 Å². The van der Waals surface area contributed by atoms with Crippen LogP contribution in [-0.2, 0) is 19.0 Å². The van der Waals surface area contributed by atoms with E-state index in [0.717, 1.165) is 19.4 Å². The van der Waals surface area contributed by atoms with Gasteiger partial charge in [0.15, 0.2) is 0 Å². The number of hydrogen-bond acceptors (Lipinski definition) is 5. The molecule has 0 aliphatic carbocycles. The van der Waals surface area contributed by atoms with Crippen molar-refractivity contribution in [2.45, 2.75) is 26.7 Å². The topological polar surface area (TPSA) is 73.9 Å². The van der Waals surface area contributed by atoms with Gasteiger partial charge < -0.3 is 14.2 Å². The molecular weight excluding hydrogens is 250 g/mol. The Labute approximate surface area is 114 Å². The first kappa shape index (κ1) is 17.6. The second-order valence-electron chi connectivity index (χ2n) is 3.95. The first-order chi connectivity index (χ1) is 9.07. The van der Waals surface area contributed by atoms with Crippen LogP contribution in [0.25, 0.3) is 0 Å². The zero-order valence-corrected chi connectivity index (χ0v) is 11.7. The Morgan fingerprint density at radius 1 is 1.05 bits per heavy atom. The van der Waals surface area contributed by atoms with Crippen LogP contribution >= 0.6 is 0 Å². The Morgan fingerprint density at radius 2 is 1.63 bits per heavy atom. The van der Waals surface area contributed by atoms with Gasteiger partial charge in [-0.1, -0.05) is 19.9 Å². The second kappa shape index (κ2) is 11.7. The van der Waals surface area contributed by atoms with E-state index in [1.165, 1.54) is 6.92 Å². The van der Waals surface area contributed by atoms with Crippen molar-refractivity contribution < 1.29 is 23.8 Å². The minimum atomic E-state index is -0.796. The molecule has 110 valence electrons. The third kappa shape index (κ3) is 11.4. The molecule has 0 aliphatic rings. The fourth-order valence-electron chi connectivity index (χ4n) is 0.997. The van der Waals surface area contributed by atoms with Crippen LogP contribution in [0.3, 0.4) is 0 Å². The van der Waals surface area contributed by atoms with Crippen LogP contribution in [-0.4, -0.2) is 45.0 Å². The highest BCUT2D eigenvalue weighted by molar-refractivity contribution is 6.01. The summed E-state index contributed by atoms with van der Waals surface area (Å²) in [5.74, 6) is -0.546. The lowest BCUT2D eigenvalue weighted by Crippen LogP contribution is -2.32. The maximum absolute atomic E-state index is 11.1. The highest BCUT2D eigenvalue weighted by Crippen LogP contribution is 1.89. The van der Waals surface area contributed by atoms with E-state index in [2.05, 4.69) is 13.5 Å². The summed E-state index contributed by atoms with van der Waals surface area (Å²) in [6, 6.07) is 0. The maximum Gasteiger partial charge on any atom is 0.414 e. The predicted octanol–water partition coefficient (Wildman–Crippen LogP) is 1.65. The third-order valence-electron chi connectivity index (χ3n) is 2.08. The van der Waals surface area contributed by atoms with Gasteiger partial charge in [-0.25, -0.2) is 4.79 Å². The standard InChI is InChI=1S/C13H23NO5/c1-4-5-6-17-7-8-18-9-10-19-13(16)14-12(15)11(2)3/h2,4-10H2,1,3H3,(H,14,15,16). The van der Waals surface area contributed by atoms with Gasteiger partial charge in [-0.3, -0.25) is 10.1 Å². The first-order valence-electron chi connectivity index (χ1n) is 6.37. The van der Waals surface area contributed by atoms with E-state index in [0.29, 0.717) is 13.2 Å². The Hall–Kier alpha value is -1.40. The quantitative estimate of drug-likeness (QED) is 0.484. The van der Waals surface area contributed by atoms with Crippen molar-refractivity contribution in [3.63, 3.8) is 0 Å². The fourth-order valence-corrected chi connectivity index (χ4v) is 0.997. The number of unbranched alkanes of at least 4 members (excludes halogenated alkanes) is 1. The highest BCUT2D eigenvalue weighted by Gasteiger charge is 2.08. The number of hydrogen-bond donors (Lipinski definition) is 1. The number of alkyl carbamates (subject to hydrolysis) is 1. The molecule has 6 nitrogen and oxygen atoms in total. The maximum atomic E-state index is 11.1. The largest absolute Gasteiger partial charge is 0.447 e. The van der Waals surface area contributed by atoms with Gasteiger partial charge in [-0.2, -0.15) is 0 Å². The number of rotatable bonds is 10. The number of ether oxygens (including phenoxy) is 3. The summed E-state index contributed by atoms with van der Waals surface area (Å²) in [4.78, 5) is 22.1. The van der Waals surface area contributed by atoms with Gasteiger partial charge in [0.1, 0.15) is 6.61 Å². The summed E-state index contributed by atoms with van der Waals surface area (Å²) in [6.45, 7) is 9.08. The van der Waals surface area contributed by atoms with Crippen LogP contribution in [0, 0.1) is 0 Å². The SMILES string of the molecule is C=C(C)C(=O)NC(=O)OCCOCCOCCCC. The van der Waals surface area contributed by atoms with Crippen LogP contribution in [0.1, 0.15) is 26.7 Å².